The van der Waals surface area contributed by atoms with Gasteiger partial charge in [0, 0.05) is 18.7 Å². The van der Waals surface area contributed by atoms with Crippen LogP contribution in [0.1, 0.15) is 27.0 Å². The number of halogens is 1. The number of sulfonamides is 1. The molecule has 0 atom stereocenters. The van der Waals surface area contributed by atoms with Gasteiger partial charge >= 0.3 is 0 Å². The maximum absolute atomic E-state index is 14.1. The molecule has 7 heteroatoms. The van der Waals surface area contributed by atoms with Gasteiger partial charge in [-0.2, -0.15) is 4.31 Å². The van der Waals surface area contributed by atoms with Crippen molar-refractivity contribution in [1.29, 1.82) is 0 Å². The zero-order valence-electron chi connectivity index (χ0n) is 13.1. The minimum atomic E-state index is -3.96. The van der Waals surface area contributed by atoms with Crippen LogP contribution in [0.3, 0.4) is 0 Å². The lowest BCUT2D eigenvalue weighted by molar-refractivity contribution is 0.0999. The molecule has 0 aliphatic carbocycles. The van der Waals surface area contributed by atoms with Gasteiger partial charge in [-0.3, -0.25) is 4.79 Å². The van der Waals surface area contributed by atoms with Gasteiger partial charge in [-0.05, 0) is 42.2 Å². The Bertz CT molecular complexity index is 905. The summed E-state index contributed by atoms with van der Waals surface area (Å²) in [4.78, 5) is 11.2. The van der Waals surface area contributed by atoms with Gasteiger partial charge < -0.3 is 5.73 Å². The number of carbonyl (C=O) groups excluding carboxylic acids is 1. The summed E-state index contributed by atoms with van der Waals surface area (Å²) in [6.45, 7) is 1.83. The predicted octanol–water partition coefficient (Wildman–Crippen LogP) is 1.98. The highest BCUT2D eigenvalue weighted by Gasteiger charge is 2.32. The number of carbonyl (C=O) groups is 1. The van der Waals surface area contributed by atoms with Crippen LogP contribution in [0.4, 0.5) is 4.39 Å². The summed E-state index contributed by atoms with van der Waals surface area (Å²) in [6.07, 6.45) is 0.362. The molecule has 2 N–H and O–H groups in total. The van der Waals surface area contributed by atoms with Crippen molar-refractivity contribution in [3.05, 3.63) is 64.5 Å². The summed E-state index contributed by atoms with van der Waals surface area (Å²) in [6, 6.07) is 9.25. The fraction of sp³-hybridized carbons (Fsp3) is 0.235. The maximum atomic E-state index is 14.1. The van der Waals surface area contributed by atoms with Gasteiger partial charge in [-0.1, -0.05) is 24.3 Å². The molecule has 2 aromatic rings. The Balaban J connectivity index is 2.02. The van der Waals surface area contributed by atoms with Gasteiger partial charge in [-0.25, -0.2) is 12.8 Å². The molecule has 1 aliphatic heterocycles. The summed E-state index contributed by atoms with van der Waals surface area (Å²) < 4.78 is 41.0. The molecule has 2 aromatic carbocycles. The van der Waals surface area contributed by atoms with E-state index < -0.39 is 21.7 Å². The molecule has 0 saturated carbocycles. The molecule has 5 nitrogen and oxygen atoms in total. The van der Waals surface area contributed by atoms with Crippen molar-refractivity contribution in [3.8, 4) is 0 Å². The van der Waals surface area contributed by atoms with Crippen molar-refractivity contribution in [2.75, 3.05) is 6.54 Å². The minimum Gasteiger partial charge on any atom is -0.366 e. The lowest BCUT2D eigenvalue weighted by Crippen LogP contribution is -2.37. The summed E-state index contributed by atoms with van der Waals surface area (Å²) in [5.41, 5.74) is 7.63. The van der Waals surface area contributed by atoms with Crippen LogP contribution in [-0.4, -0.2) is 25.2 Å². The number of nitrogens with two attached hydrogens (primary N) is 1. The number of hydrogen-bond donors (Lipinski definition) is 1. The van der Waals surface area contributed by atoms with Crippen LogP contribution in [0.5, 0.6) is 0 Å². The van der Waals surface area contributed by atoms with Gasteiger partial charge in [0.1, 0.15) is 10.7 Å². The zero-order valence-corrected chi connectivity index (χ0v) is 13.9. The highest BCUT2D eigenvalue weighted by Crippen LogP contribution is 2.29. The second kappa shape index (κ2) is 5.99. The Morgan fingerprint density at radius 3 is 2.58 bits per heavy atom. The van der Waals surface area contributed by atoms with Crippen LogP contribution in [0.2, 0.25) is 0 Å². The Hall–Kier alpha value is -2.25. The summed E-state index contributed by atoms with van der Waals surface area (Å²) >= 11 is 0. The topological polar surface area (TPSA) is 80.5 Å². The van der Waals surface area contributed by atoms with Gasteiger partial charge in [0.15, 0.2) is 0 Å². The molecule has 3 rings (SSSR count). The molecule has 0 fully saturated rings. The molecular weight excluding hydrogens is 331 g/mol. The van der Waals surface area contributed by atoms with Crippen molar-refractivity contribution >= 4 is 15.9 Å². The summed E-state index contributed by atoms with van der Waals surface area (Å²) in [7, 11) is -3.96. The van der Waals surface area contributed by atoms with Crippen molar-refractivity contribution in [3.63, 3.8) is 0 Å². The number of primary amides is 1. The molecule has 1 heterocycles. The van der Waals surface area contributed by atoms with E-state index >= 15 is 0 Å². The van der Waals surface area contributed by atoms with E-state index in [2.05, 4.69) is 0 Å². The van der Waals surface area contributed by atoms with Crippen molar-refractivity contribution in [2.24, 2.45) is 5.73 Å². The van der Waals surface area contributed by atoms with Gasteiger partial charge in [-0.15, -0.1) is 0 Å². The molecule has 1 aliphatic rings. The lowest BCUT2D eigenvalue weighted by Gasteiger charge is -2.29. The minimum absolute atomic E-state index is 0.0898. The van der Waals surface area contributed by atoms with Crippen LogP contribution < -0.4 is 5.73 Å². The van der Waals surface area contributed by atoms with Crippen molar-refractivity contribution in [2.45, 2.75) is 24.8 Å². The number of nitrogens with zero attached hydrogens (tertiary/aromatic N) is 1. The molecule has 0 saturated heterocycles. The second-order valence-electron chi connectivity index (χ2n) is 5.78. The average Bonchev–Trinajstić information content (AvgIpc) is 2.53. The molecule has 0 unspecified atom stereocenters. The van der Waals surface area contributed by atoms with E-state index in [1.807, 2.05) is 0 Å². The molecular formula is C17H17FN2O3S. The molecule has 1 amide bonds. The number of fused-ring (bicyclic) bond motifs is 1. The number of rotatable bonds is 3. The molecule has 0 bridgehead atoms. The van der Waals surface area contributed by atoms with E-state index in [0.717, 1.165) is 17.2 Å². The zero-order chi connectivity index (χ0) is 17.5. The first-order chi connectivity index (χ1) is 11.3. The lowest BCUT2D eigenvalue weighted by atomic mass is 9.95. The van der Waals surface area contributed by atoms with Gasteiger partial charge in [0.25, 0.3) is 0 Å². The molecule has 24 heavy (non-hydrogen) atoms. The van der Waals surface area contributed by atoms with Crippen LogP contribution in [-0.2, 0) is 23.0 Å². The average molecular weight is 348 g/mol. The van der Waals surface area contributed by atoms with E-state index in [9.17, 15) is 17.6 Å². The first kappa shape index (κ1) is 16.6. The second-order valence-corrected chi connectivity index (χ2v) is 7.66. The first-order valence-electron chi connectivity index (χ1n) is 7.48. The summed E-state index contributed by atoms with van der Waals surface area (Å²) in [5, 5.41) is 0. The molecule has 0 radical (unpaired) electrons. The van der Waals surface area contributed by atoms with E-state index in [1.54, 1.807) is 31.2 Å². The van der Waals surface area contributed by atoms with Crippen LogP contribution in [0.15, 0.2) is 41.3 Å². The standard InChI is InChI=1S/C17H17FN2O3S/c1-11-4-2-7-15(18)16(11)24(22,23)20-9-8-13-12(10-20)5-3-6-14(13)17(19)21/h2-7H,8-10H2,1H3,(H2,19,21). The Morgan fingerprint density at radius 2 is 1.92 bits per heavy atom. The highest BCUT2D eigenvalue weighted by molar-refractivity contribution is 7.89. The van der Waals surface area contributed by atoms with E-state index in [-0.39, 0.29) is 18.0 Å². The van der Waals surface area contributed by atoms with Crippen molar-refractivity contribution < 1.29 is 17.6 Å². The quantitative estimate of drug-likeness (QED) is 0.921. The smallest absolute Gasteiger partial charge is 0.248 e. The Labute approximate surface area is 139 Å². The fourth-order valence-corrected chi connectivity index (χ4v) is 4.78. The third-order valence-corrected chi connectivity index (χ3v) is 6.28. The molecule has 0 spiro atoms. The first-order valence-corrected chi connectivity index (χ1v) is 8.92. The summed E-state index contributed by atoms with van der Waals surface area (Å²) in [5.74, 6) is -1.29. The van der Waals surface area contributed by atoms with E-state index in [0.29, 0.717) is 17.5 Å². The van der Waals surface area contributed by atoms with Crippen LogP contribution >= 0.6 is 0 Å². The molecule has 126 valence electrons. The van der Waals surface area contributed by atoms with Gasteiger partial charge in [0.05, 0.1) is 0 Å². The van der Waals surface area contributed by atoms with E-state index in [1.165, 1.54) is 10.4 Å². The highest BCUT2D eigenvalue weighted by atomic mass is 32.2. The third-order valence-electron chi connectivity index (χ3n) is 4.26. The maximum Gasteiger partial charge on any atom is 0.248 e. The number of aryl methyl sites for hydroxylation is 1. The van der Waals surface area contributed by atoms with Crippen LogP contribution in [0, 0.1) is 12.7 Å². The SMILES string of the molecule is Cc1cccc(F)c1S(=O)(=O)N1CCc2c(cccc2C(N)=O)C1. The fourth-order valence-electron chi connectivity index (χ4n) is 3.09. The Morgan fingerprint density at radius 1 is 1.21 bits per heavy atom. The monoisotopic (exact) mass is 348 g/mol. The van der Waals surface area contributed by atoms with Crippen molar-refractivity contribution in [1.82, 2.24) is 4.31 Å². The number of amides is 1. The van der Waals surface area contributed by atoms with Crippen LogP contribution in [0.25, 0.3) is 0 Å². The predicted molar refractivity (Wildman–Crippen MR) is 87.4 cm³/mol. The molecule has 0 aromatic heterocycles. The normalized spacial score (nSPS) is 15.1. The van der Waals surface area contributed by atoms with E-state index in [4.69, 9.17) is 5.73 Å². The number of benzene rings is 2. The largest absolute Gasteiger partial charge is 0.366 e. The van der Waals surface area contributed by atoms with Gasteiger partial charge in [0.2, 0.25) is 15.9 Å². The third kappa shape index (κ3) is 2.70. The number of hydrogen-bond acceptors (Lipinski definition) is 3. The Kier molecular flexibility index (Phi) is 4.15.